The summed E-state index contributed by atoms with van der Waals surface area (Å²) in [6, 6.07) is 4.02. The molecule has 0 spiro atoms. The molecule has 1 heterocycles. The number of rotatable bonds is 3. The molecule has 0 unspecified atom stereocenters. The van der Waals surface area contributed by atoms with Crippen molar-refractivity contribution in [3.63, 3.8) is 0 Å². The maximum absolute atomic E-state index is 13.9. The summed E-state index contributed by atoms with van der Waals surface area (Å²) in [5.74, 6) is -0.741. The van der Waals surface area contributed by atoms with Crippen LogP contribution in [0.2, 0.25) is 0 Å². The third-order valence-corrected chi connectivity index (χ3v) is 5.03. The Morgan fingerprint density at radius 1 is 1.42 bits per heavy atom. The van der Waals surface area contributed by atoms with Crippen LogP contribution in [0.15, 0.2) is 34.7 Å². The van der Waals surface area contributed by atoms with Gasteiger partial charge in [-0.05, 0) is 31.0 Å². The first kappa shape index (κ1) is 14.2. The summed E-state index contributed by atoms with van der Waals surface area (Å²) in [7, 11) is -3.77. The van der Waals surface area contributed by atoms with Crippen LogP contribution in [0.3, 0.4) is 0 Å². The van der Waals surface area contributed by atoms with Gasteiger partial charge >= 0.3 is 0 Å². The highest BCUT2D eigenvalue weighted by Gasteiger charge is 2.28. The monoisotopic (exact) mass is 284 g/mol. The van der Waals surface area contributed by atoms with Crippen molar-refractivity contribution < 1.29 is 12.8 Å². The molecule has 2 N–H and O–H groups in total. The highest BCUT2D eigenvalue weighted by atomic mass is 32.2. The normalized spacial score (nSPS) is 17.3. The second-order valence-electron chi connectivity index (χ2n) is 4.65. The van der Waals surface area contributed by atoms with Gasteiger partial charge in [0, 0.05) is 19.6 Å². The molecule has 0 aliphatic carbocycles. The van der Waals surface area contributed by atoms with E-state index in [2.05, 4.69) is 0 Å². The Balaban J connectivity index is 2.37. The number of hydrogen-bond donors (Lipinski definition) is 1. The number of nitrogens with two attached hydrogens (primary N) is 1. The molecule has 6 heteroatoms. The molecule has 0 radical (unpaired) electrons. The third-order valence-electron chi connectivity index (χ3n) is 3.15. The lowest BCUT2D eigenvalue weighted by molar-refractivity contribution is 0.423. The Bertz CT molecular complexity index is 611. The topological polar surface area (TPSA) is 63.4 Å². The van der Waals surface area contributed by atoms with Crippen LogP contribution < -0.4 is 5.73 Å². The van der Waals surface area contributed by atoms with Crippen molar-refractivity contribution in [2.24, 2.45) is 5.73 Å². The molecule has 0 saturated heterocycles. The minimum atomic E-state index is -3.77. The van der Waals surface area contributed by atoms with E-state index in [0.29, 0.717) is 25.1 Å². The van der Waals surface area contributed by atoms with Crippen LogP contribution in [0.1, 0.15) is 18.9 Å². The average molecular weight is 284 g/mol. The van der Waals surface area contributed by atoms with Crippen LogP contribution in [-0.4, -0.2) is 25.8 Å². The molecule has 0 bridgehead atoms. The molecule has 2 rings (SSSR count). The molecule has 1 aromatic rings. The van der Waals surface area contributed by atoms with Gasteiger partial charge < -0.3 is 5.73 Å². The van der Waals surface area contributed by atoms with Gasteiger partial charge in [-0.3, -0.25) is 0 Å². The Morgan fingerprint density at radius 2 is 2.16 bits per heavy atom. The summed E-state index contributed by atoms with van der Waals surface area (Å²) in [4.78, 5) is -0.278. The number of nitrogens with zero attached hydrogens (tertiary/aromatic N) is 1. The van der Waals surface area contributed by atoms with Gasteiger partial charge in [0.05, 0.1) is 0 Å². The molecule has 19 heavy (non-hydrogen) atoms. The van der Waals surface area contributed by atoms with Crippen molar-refractivity contribution in [1.29, 1.82) is 0 Å². The second kappa shape index (κ2) is 5.40. The van der Waals surface area contributed by atoms with Gasteiger partial charge in [-0.2, -0.15) is 4.31 Å². The minimum absolute atomic E-state index is 0.183. The SMILES string of the molecule is CC1=CCCN(S(=O)(=O)c2ccc(CN)cc2F)C1. The van der Waals surface area contributed by atoms with E-state index in [1.54, 1.807) is 6.07 Å². The first-order valence-corrected chi connectivity index (χ1v) is 7.53. The predicted octanol–water partition coefficient (Wildman–Crippen LogP) is 1.63. The summed E-state index contributed by atoms with van der Waals surface area (Å²) < 4.78 is 40.0. The van der Waals surface area contributed by atoms with E-state index < -0.39 is 15.8 Å². The molecule has 0 fully saturated rings. The Labute approximate surface area is 112 Å². The van der Waals surface area contributed by atoms with E-state index in [4.69, 9.17) is 5.73 Å². The maximum Gasteiger partial charge on any atom is 0.246 e. The van der Waals surface area contributed by atoms with Crippen LogP contribution in [0.4, 0.5) is 4.39 Å². The Morgan fingerprint density at radius 3 is 2.74 bits per heavy atom. The molecule has 4 nitrogen and oxygen atoms in total. The molecule has 1 aliphatic rings. The summed E-state index contributed by atoms with van der Waals surface area (Å²) >= 11 is 0. The van der Waals surface area contributed by atoms with Gasteiger partial charge in [0.1, 0.15) is 10.7 Å². The lowest BCUT2D eigenvalue weighted by Gasteiger charge is -2.25. The Hall–Kier alpha value is -1.24. The van der Waals surface area contributed by atoms with Crippen molar-refractivity contribution in [2.75, 3.05) is 13.1 Å². The fourth-order valence-electron chi connectivity index (χ4n) is 2.10. The first-order valence-electron chi connectivity index (χ1n) is 6.09. The molecule has 0 saturated carbocycles. The molecular weight excluding hydrogens is 267 g/mol. The third kappa shape index (κ3) is 2.86. The molecule has 0 amide bonds. The van der Waals surface area contributed by atoms with Crippen molar-refractivity contribution in [3.05, 3.63) is 41.2 Å². The van der Waals surface area contributed by atoms with Gasteiger partial charge in [-0.1, -0.05) is 17.7 Å². The number of halogens is 1. The molecule has 0 atom stereocenters. The molecule has 1 aliphatic heterocycles. The maximum atomic E-state index is 13.9. The van der Waals surface area contributed by atoms with E-state index in [1.165, 1.54) is 16.4 Å². The summed E-state index contributed by atoms with van der Waals surface area (Å²) in [5.41, 5.74) is 6.96. The van der Waals surface area contributed by atoms with Crippen LogP contribution in [0.25, 0.3) is 0 Å². The van der Waals surface area contributed by atoms with Crippen LogP contribution >= 0.6 is 0 Å². The first-order chi connectivity index (χ1) is 8.95. The zero-order valence-electron chi connectivity index (χ0n) is 10.8. The smallest absolute Gasteiger partial charge is 0.246 e. The standard InChI is InChI=1S/C13H17FN2O2S/c1-10-3-2-6-16(9-10)19(17,18)13-5-4-11(8-15)7-12(13)14/h3-5,7H,2,6,8-9,15H2,1H3. The number of hydrogen-bond acceptors (Lipinski definition) is 3. The van der Waals surface area contributed by atoms with Crippen molar-refractivity contribution in [2.45, 2.75) is 24.8 Å². The minimum Gasteiger partial charge on any atom is -0.326 e. The quantitative estimate of drug-likeness (QED) is 0.858. The van der Waals surface area contributed by atoms with Gasteiger partial charge in [0.2, 0.25) is 10.0 Å². The summed E-state index contributed by atoms with van der Waals surface area (Å²) in [6.07, 6.45) is 2.66. The largest absolute Gasteiger partial charge is 0.326 e. The Kier molecular flexibility index (Phi) is 4.03. The number of sulfonamides is 1. The van der Waals surface area contributed by atoms with Gasteiger partial charge in [-0.15, -0.1) is 0 Å². The van der Waals surface area contributed by atoms with Crippen LogP contribution in [-0.2, 0) is 16.6 Å². The summed E-state index contributed by atoms with van der Waals surface area (Å²) in [6.45, 7) is 2.76. The molecular formula is C13H17FN2O2S. The highest BCUT2D eigenvalue weighted by molar-refractivity contribution is 7.89. The second-order valence-corrected chi connectivity index (χ2v) is 6.55. The molecule has 104 valence electrons. The van der Waals surface area contributed by atoms with Crippen LogP contribution in [0, 0.1) is 5.82 Å². The van der Waals surface area contributed by atoms with Gasteiger partial charge in [0.25, 0.3) is 0 Å². The van der Waals surface area contributed by atoms with Crippen molar-refractivity contribution in [1.82, 2.24) is 4.31 Å². The lowest BCUT2D eigenvalue weighted by Crippen LogP contribution is -2.35. The van der Waals surface area contributed by atoms with E-state index in [9.17, 15) is 12.8 Å². The van der Waals surface area contributed by atoms with Crippen molar-refractivity contribution >= 4 is 10.0 Å². The fraction of sp³-hybridized carbons (Fsp3) is 0.385. The van der Waals surface area contributed by atoms with Crippen molar-refractivity contribution in [3.8, 4) is 0 Å². The molecule has 1 aromatic carbocycles. The van der Waals surface area contributed by atoms with E-state index in [-0.39, 0.29) is 11.4 Å². The van der Waals surface area contributed by atoms with E-state index in [0.717, 1.165) is 5.57 Å². The van der Waals surface area contributed by atoms with Gasteiger partial charge in [0.15, 0.2) is 0 Å². The highest BCUT2D eigenvalue weighted by Crippen LogP contribution is 2.23. The fourth-order valence-corrected chi connectivity index (χ4v) is 3.64. The van der Waals surface area contributed by atoms with E-state index >= 15 is 0 Å². The van der Waals surface area contributed by atoms with Gasteiger partial charge in [-0.25, -0.2) is 12.8 Å². The van der Waals surface area contributed by atoms with Crippen LogP contribution in [0.5, 0.6) is 0 Å². The average Bonchev–Trinajstić information content (AvgIpc) is 2.38. The zero-order valence-corrected chi connectivity index (χ0v) is 11.6. The predicted molar refractivity (Wildman–Crippen MR) is 71.4 cm³/mol. The number of benzene rings is 1. The zero-order chi connectivity index (χ0) is 14.0. The van der Waals surface area contributed by atoms with E-state index in [1.807, 2.05) is 13.0 Å². The lowest BCUT2D eigenvalue weighted by atomic mass is 10.2. The summed E-state index contributed by atoms with van der Waals surface area (Å²) in [5, 5.41) is 0. The molecule has 0 aromatic heterocycles.